The third kappa shape index (κ3) is 4.85. The Bertz CT molecular complexity index is 193. The zero-order chi connectivity index (χ0) is 11.1. The number of carbonyl (C=O) groups excluding carboxylic acids is 1. The van der Waals surface area contributed by atoms with Gasteiger partial charge >= 0.3 is 0 Å². The van der Waals surface area contributed by atoms with Crippen molar-refractivity contribution in [1.82, 2.24) is 10.2 Å². The number of hydrogen-bond acceptors (Lipinski definition) is 2. The zero-order valence-corrected chi connectivity index (χ0v) is 10.2. The van der Waals surface area contributed by atoms with Gasteiger partial charge in [0.2, 0.25) is 5.91 Å². The van der Waals surface area contributed by atoms with Crippen molar-refractivity contribution < 1.29 is 4.79 Å². The molecule has 88 valence electrons. The van der Waals surface area contributed by atoms with Crippen LogP contribution >= 0.6 is 11.6 Å². The van der Waals surface area contributed by atoms with Crippen LogP contribution in [-0.4, -0.2) is 42.4 Å². The fourth-order valence-corrected chi connectivity index (χ4v) is 2.10. The summed E-state index contributed by atoms with van der Waals surface area (Å²) < 4.78 is 0. The first-order chi connectivity index (χ1) is 7.24. The van der Waals surface area contributed by atoms with Crippen molar-refractivity contribution in [3.05, 3.63) is 0 Å². The second-order valence-corrected chi connectivity index (χ2v) is 4.57. The number of halogens is 1. The number of piperidine rings is 1. The summed E-state index contributed by atoms with van der Waals surface area (Å²) in [7, 11) is 0. The number of nitrogens with one attached hydrogen (secondary N) is 1. The highest BCUT2D eigenvalue weighted by Gasteiger charge is 2.16. The number of nitrogens with zero attached hydrogens (tertiary/aromatic N) is 1. The van der Waals surface area contributed by atoms with E-state index in [1.807, 2.05) is 0 Å². The Kier molecular flexibility index (Phi) is 6.03. The quantitative estimate of drug-likeness (QED) is 0.731. The Morgan fingerprint density at radius 1 is 1.40 bits per heavy atom. The molecule has 1 heterocycles. The molecule has 1 amide bonds. The van der Waals surface area contributed by atoms with Crippen LogP contribution in [0.4, 0.5) is 0 Å². The van der Waals surface area contributed by atoms with Crippen LogP contribution in [0.2, 0.25) is 0 Å². The van der Waals surface area contributed by atoms with Crippen molar-refractivity contribution in [1.29, 1.82) is 0 Å². The summed E-state index contributed by atoms with van der Waals surface area (Å²) in [6, 6.07) is 0.449. The zero-order valence-electron chi connectivity index (χ0n) is 9.47. The van der Waals surface area contributed by atoms with Crippen LogP contribution in [-0.2, 0) is 4.79 Å². The maximum Gasteiger partial charge on any atom is 0.221 e. The van der Waals surface area contributed by atoms with Gasteiger partial charge in [-0.1, -0.05) is 6.42 Å². The number of amides is 1. The van der Waals surface area contributed by atoms with Crippen LogP contribution in [0.25, 0.3) is 0 Å². The van der Waals surface area contributed by atoms with E-state index in [4.69, 9.17) is 11.6 Å². The van der Waals surface area contributed by atoms with E-state index in [-0.39, 0.29) is 5.91 Å². The van der Waals surface area contributed by atoms with Gasteiger partial charge in [0.25, 0.3) is 0 Å². The summed E-state index contributed by atoms with van der Waals surface area (Å²) in [6.07, 6.45) is 4.36. The van der Waals surface area contributed by atoms with Crippen molar-refractivity contribution in [2.45, 2.75) is 38.6 Å². The molecule has 3 nitrogen and oxygen atoms in total. The number of alkyl halides is 1. The van der Waals surface area contributed by atoms with Crippen molar-refractivity contribution in [3.63, 3.8) is 0 Å². The largest absolute Gasteiger partial charge is 0.355 e. The highest BCUT2D eigenvalue weighted by atomic mass is 35.5. The van der Waals surface area contributed by atoms with Crippen LogP contribution in [0.3, 0.4) is 0 Å². The van der Waals surface area contributed by atoms with Gasteiger partial charge in [-0.25, -0.2) is 0 Å². The predicted octanol–water partition coefficient (Wildman–Crippen LogP) is 1.61. The van der Waals surface area contributed by atoms with E-state index in [9.17, 15) is 4.79 Å². The summed E-state index contributed by atoms with van der Waals surface area (Å²) in [5.74, 6) is 0.470. The van der Waals surface area contributed by atoms with Gasteiger partial charge in [0.1, 0.15) is 0 Å². The molecular formula is C11H21ClN2O. The van der Waals surface area contributed by atoms with Gasteiger partial charge in [0, 0.05) is 24.9 Å². The van der Waals surface area contributed by atoms with Crippen LogP contribution in [0, 0.1) is 0 Å². The molecule has 1 saturated heterocycles. The molecule has 0 bridgehead atoms. The Hall–Kier alpha value is -0.280. The number of carbonyl (C=O) groups is 1. The predicted molar refractivity (Wildman–Crippen MR) is 63.2 cm³/mol. The Morgan fingerprint density at radius 2 is 2.07 bits per heavy atom. The standard InChI is InChI=1S/C11H21ClN2O/c1-10(9-13-11(15)5-6-12)14-7-3-2-4-8-14/h10H,2-9H2,1H3,(H,13,15). The molecule has 0 radical (unpaired) electrons. The summed E-state index contributed by atoms with van der Waals surface area (Å²) in [6.45, 7) is 5.26. The third-order valence-corrected chi connectivity index (χ3v) is 3.12. The maximum atomic E-state index is 11.2. The van der Waals surface area contributed by atoms with Gasteiger partial charge in [-0.2, -0.15) is 0 Å². The van der Waals surface area contributed by atoms with Crippen LogP contribution < -0.4 is 5.32 Å². The minimum Gasteiger partial charge on any atom is -0.355 e. The second-order valence-electron chi connectivity index (χ2n) is 4.19. The SMILES string of the molecule is CC(CNC(=O)CCCl)N1CCCCC1. The maximum absolute atomic E-state index is 11.2. The number of hydrogen-bond donors (Lipinski definition) is 1. The fourth-order valence-electron chi connectivity index (χ4n) is 1.92. The normalized spacial score (nSPS) is 19.9. The molecule has 0 saturated carbocycles. The lowest BCUT2D eigenvalue weighted by Crippen LogP contribution is -2.44. The summed E-state index contributed by atoms with van der Waals surface area (Å²) in [5.41, 5.74) is 0. The lowest BCUT2D eigenvalue weighted by Gasteiger charge is -2.32. The molecule has 1 fully saturated rings. The van der Waals surface area contributed by atoms with E-state index in [1.165, 1.54) is 32.4 Å². The van der Waals surface area contributed by atoms with Crippen molar-refractivity contribution in [2.24, 2.45) is 0 Å². The van der Waals surface area contributed by atoms with Gasteiger partial charge in [0.05, 0.1) is 0 Å². The monoisotopic (exact) mass is 232 g/mol. The molecule has 1 N–H and O–H groups in total. The molecule has 0 aromatic rings. The van der Waals surface area contributed by atoms with Gasteiger partial charge in [-0.3, -0.25) is 9.69 Å². The smallest absolute Gasteiger partial charge is 0.221 e. The van der Waals surface area contributed by atoms with Gasteiger partial charge in [-0.15, -0.1) is 11.6 Å². The molecule has 4 heteroatoms. The van der Waals surface area contributed by atoms with Crippen LogP contribution in [0.5, 0.6) is 0 Å². The third-order valence-electron chi connectivity index (χ3n) is 2.93. The first-order valence-electron chi connectivity index (χ1n) is 5.80. The van der Waals surface area contributed by atoms with Crippen LogP contribution in [0.15, 0.2) is 0 Å². The summed E-state index contributed by atoms with van der Waals surface area (Å²) in [5, 5.41) is 2.92. The molecule has 1 rings (SSSR count). The first kappa shape index (κ1) is 12.8. The number of likely N-dealkylation sites (tertiary alicyclic amines) is 1. The Labute approximate surface area is 97.2 Å². The average Bonchev–Trinajstić information content (AvgIpc) is 2.27. The minimum atomic E-state index is 0.0638. The number of rotatable bonds is 5. The molecule has 0 spiro atoms. The van der Waals surface area contributed by atoms with Gasteiger partial charge in [0.15, 0.2) is 0 Å². The molecule has 15 heavy (non-hydrogen) atoms. The molecule has 1 unspecified atom stereocenters. The molecule has 0 aliphatic carbocycles. The van der Waals surface area contributed by atoms with E-state index in [0.29, 0.717) is 18.3 Å². The van der Waals surface area contributed by atoms with Crippen molar-refractivity contribution in [2.75, 3.05) is 25.5 Å². The van der Waals surface area contributed by atoms with E-state index < -0.39 is 0 Å². The topological polar surface area (TPSA) is 32.3 Å². The summed E-state index contributed by atoms with van der Waals surface area (Å²) in [4.78, 5) is 13.7. The highest BCUT2D eigenvalue weighted by molar-refractivity contribution is 6.18. The summed E-state index contributed by atoms with van der Waals surface area (Å²) >= 11 is 5.49. The van der Waals surface area contributed by atoms with Crippen LogP contribution in [0.1, 0.15) is 32.6 Å². The molecule has 0 aromatic carbocycles. The van der Waals surface area contributed by atoms with Crippen molar-refractivity contribution in [3.8, 4) is 0 Å². The van der Waals surface area contributed by atoms with Gasteiger partial charge in [-0.05, 0) is 32.9 Å². The molecule has 1 aliphatic rings. The van der Waals surface area contributed by atoms with E-state index >= 15 is 0 Å². The Morgan fingerprint density at radius 3 is 2.67 bits per heavy atom. The fraction of sp³-hybridized carbons (Fsp3) is 0.909. The molecule has 0 aromatic heterocycles. The molecule has 1 aliphatic heterocycles. The van der Waals surface area contributed by atoms with Gasteiger partial charge < -0.3 is 5.32 Å². The van der Waals surface area contributed by atoms with Crippen molar-refractivity contribution >= 4 is 17.5 Å². The lowest BCUT2D eigenvalue weighted by atomic mass is 10.1. The highest BCUT2D eigenvalue weighted by Crippen LogP contribution is 2.11. The second kappa shape index (κ2) is 7.07. The van der Waals surface area contributed by atoms with E-state index in [1.54, 1.807) is 0 Å². The van der Waals surface area contributed by atoms with E-state index in [2.05, 4.69) is 17.1 Å². The Balaban J connectivity index is 2.16. The minimum absolute atomic E-state index is 0.0638. The molecular weight excluding hydrogens is 212 g/mol. The molecule has 1 atom stereocenters. The lowest BCUT2D eigenvalue weighted by molar-refractivity contribution is -0.120. The average molecular weight is 233 g/mol. The first-order valence-corrected chi connectivity index (χ1v) is 6.34. The van der Waals surface area contributed by atoms with E-state index in [0.717, 1.165) is 6.54 Å².